The molecule has 10 nitrogen and oxygen atoms in total. The second kappa shape index (κ2) is 11.4. The van der Waals surface area contributed by atoms with E-state index in [-0.39, 0.29) is 38.6 Å². The van der Waals surface area contributed by atoms with Crippen molar-refractivity contribution in [3.63, 3.8) is 0 Å². The minimum absolute atomic E-state index is 0.145. The van der Waals surface area contributed by atoms with Crippen LogP contribution in [0.1, 0.15) is 22.3 Å². The molecule has 4 aromatic rings. The van der Waals surface area contributed by atoms with Gasteiger partial charge in [-0.3, -0.25) is 4.57 Å². The number of hydrogen-bond donors (Lipinski definition) is 1. The summed E-state index contributed by atoms with van der Waals surface area (Å²) in [7, 11) is -3.55. The summed E-state index contributed by atoms with van der Waals surface area (Å²) < 4.78 is 31.9. The van der Waals surface area contributed by atoms with Crippen LogP contribution in [0.2, 0.25) is 0 Å². The third-order valence-corrected chi connectivity index (χ3v) is 6.68. The number of aryl methyl sites for hydroxylation is 2. The van der Waals surface area contributed by atoms with E-state index in [0.29, 0.717) is 11.2 Å². The molecule has 0 aliphatic heterocycles. The molecule has 0 bridgehead atoms. The molecule has 0 aliphatic rings. The number of fused-ring (bicyclic) bond motifs is 1. The molecule has 0 saturated heterocycles. The van der Waals surface area contributed by atoms with Gasteiger partial charge in [-0.1, -0.05) is 59.7 Å². The third-order valence-electron chi connectivity index (χ3n) is 5.14. The molecule has 0 radical (unpaired) electrons. The topological polar surface area (TPSA) is 124 Å². The lowest BCUT2D eigenvalue weighted by Crippen LogP contribution is -2.17. The summed E-state index contributed by atoms with van der Waals surface area (Å²) in [4.78, 5) is 17.8. The average Bonchev–Trinajstić information content (AvgIpc) is 3.28. The monoisotopic (exact) mass is 497 g/mol. The number of hydrogen-bond acceptors (Lipinski definition) is 9. The Morgan fingerprint density at radius 3 is 2.06 bits per heavy atom. The maximum absolute atomic E-state index is 13.4. The number of ether oxygens (including phenoxy) is 1. The Hall–Kier alpha value is -3.30. The Bertz CT molecular complexity index is 1240. The summed E-state index contributed by atoms with van der Waals surface area (Å²) in [6.45, 7) is 4.60. The van der Waals surface area contributed by atoms with Crippen LogP contribution in [0.25, 0.3) is 11.2 Å². The van der Waals surface area contributed by atoms with Crippen molar-refractivity contribution in [1.29, 1.82) is 0 Å². The molecule has 2 heterocycles. The third kappa shape index (κ3) is 6.86. The van der Waals surface area contributed by atoms with Gasteiger partial charge >= 0.3 is 7.60 Å². The summed E-state index contributed by atoms with van der Waals surface area (Å²) in [5.41, 5.74) is 10.7. The molecule has 4 rings (SSSR count). The maximum atomic E-state index is 13.4. The predicted octanol–water partition coefficient (Wildman–Crippen LogP) is 4.05. The van der Waals surface area contributed by atoms with Gasteiger partial charge in [-0.25, -0.2) is 15.0 Å². The molecule has 184 valence electrons. The van der Waals surface area contributed by atoms with Crippen LogP contribution in [-0.2, 0) is 31.6 Å². The highest BCUT2D eigenvalue weighted by molar-refractivity contribution is 7.53. The Kier molecular flexibility index (Phi) is 8.09. The second-order valence-electron chi connectivity index (χ2n) is 8.00. The van der Waals surface area contributed by atoms with Gasteiger partial charge in [-0.05, 0) is 25.0 Å². The van der Waals surface area contributed by atoms with Crippen molar-refractivity contribution in [3.05, 3.63) is 83.4 Å². The molecule has 0 atom stereocenters. The van der Waals surface area contributed by atoms with E-state index in [1.165, 1.54) is 17.4 Å². The summed E-state index contributed by atoms with van der Waals surface area (Å²) in [6.07, 6.45) is 2.58. The quantitative estimate of drug-likeness (QED) is 0.228. The Balaban J connectivity index is 1.32. The molecule has 0 aliphatic carbocycles. The first-order valence-electron chi connectivity index (χ1n) is 11.1. The molecule has 0 fully saturated rings. The zero-order valence-corrected chi connectivity index (χ0v) is 20.6. The van der Waals surface area contributed by atoms with Crippen molar-refractivity contribution < 1.29 is 23.2 Å². The van der Waals surface area contributed by atoms with Gasteiger partial charge in [0.2, 0.25) is 5.65 Å². The van der Waals surface area contributed by atoms with Crippen molar-refractivity contribution in [2.75, 3.05) is 25.3 Å². The first-order valence-corrected chi connectivity index (χ1v) is 12.8. The molecular formula is C24H28N5O5P. The lowest BCUT2D eigenvalue weighted by Gasteiger charge is -2.19. The predicted molar refractivity (Wildman–Crippen MR) is 132 cm³/mol. The van der Waals surface area contributed by atoms with Gasteiger partial charge in [0.1, 0.15) is 25.6 Å². The molecule has 11 heteroatoms. The SMILES string of the molecule is Cc1ccc(COP(=O)(COCCOn2cnc3c(N)ncnc32)OCc2ccc(C)cc2)cc1. The van der Waals surface area contributed by atoms with E-state index in [1.54, 1.807) is 0 Å². The molecule has 0 spiro atoms. The van der Waals surface area contributed by atoms with E-state index < -0.39 is 7.60 Å². The number of benzene rings is 2. The van der Waals surface area contributed by atoms with Crippen LogP contribution < -0.4 is 10.6 Å². The average molecular weight is 497 g/mol. The van der Waals surface area contributed by atoms with Crippen LogP contribution in [0.3, 0.4) is 0 Å². The Morgan fingerprint density at radius 1 is 0.857 bits per heavy atom. The van der Waals surface area contributed by atoms with E-state index in [2.05, 4.69) is 15.0 Å². The number of imidazole rings is 1. The van der Waals surface area contributed by atoms with Crippen LogP contribution in [-0.4, -0.2) is 39.2 Å². The molecule has 35 heavy (non-hydrogen) atoms. The van der Waals surface area contributed by atoms with Crippen molar-refractivity contribution in [3.8, 4) is 0 Å². The number of nitrogen functional groups attached to an aromatic ring is 1. The van der Waals surface area contributed by atoms with Gasteiger partial charge in [0, 0.05) is 0 Å². The molecule has 2 N–H and O–H groups in total. The summed E-state index contributed by atoms with van der Waals surface area (Å²) >= 11 is 0. The number of anilines is 1. The highest BCUT2D eigenvalue weighted by Gasteiger charge is 2.26. The zero-order chi connectivity index (χ0) is 24.7. The van der Waals surface area contributed by atoms with Gasteiger partial charge in [-0.2, -0.15) is 4.73 Å². The second-order valence-corrected chi connectivity index (χ2v) is 10.00. The highest BCUT2D eigenvalue weighted by atomic mass is 31.2. The van der Waals surface area contributed by atoms with E-state index in [1.807, 2.05) is 62.4 Å². The van der Waals surface area contributed by atoms with Crippen LogP contribution in [0.5, 0.6) is 0 Å². The number of nitrogens with zero attached hydrogens (tertiary/aromatic N) is 4. The van der Waals surface area contributed by atoms with Gasteiger partial charge in [-0.15, -0.1) is 0 Å². The Labute approximate surface area is 203 Å². The van der Waals surface area contributed by atoms with Crippen LogP contribution >= 0.6 is 7.60 Å². The lowest BCUT2D eigenvalue weighted by atomic mass is 10.2. The first-order chi connectivity index (χ1) is 16.9. The van der Waals surface area contributed by atoms with Crippen LogP contribution in [0.4, 0.5) is 5.82 Å². The van der Waals surface area contributed by atoms with Crippen molar-refractivity contribution in [2.24, 2.45) is 0 Å². The van der Waals surface area contributed by atoms with E-state index in [9.17, 15) is 4.57 Å². The van der Waals surface area contributed by atoms with Gasteiger partial charge in [0.15, 0.2) is 11.3 Å². The minimum atomic E-state index is -3.55. The molecule has 0 saturated carbocycles. The molecule has 2 aromatic heterocycles. The number of nitrogens with two attached hydrogens (primary N) is 1. The summed E-state index contributed by atoms with van der Waals surface area (Å²) in [5.74, 6) is 0.269. The molecular weight excluding hydrogens is 469 g/mol. The fourth-order valence-electron chi connectivity index (χ4n) is 3.12. The number of aromatic nitrogens is 4. The summed E-state index contributed by atoms with van der Waals surface area (Å²) in [6, 6.07) is 15.6. The maximum Gasteiger partial charge on any atom is 0.356 e. The van der Waals surface area contributed by atoms with E-state index in [4.69, 9.17) is 24.4 Å². The van der Waals surface area contributed by atoms with Crippen molar-refractivity contribution in [2.45, 2.75) is 27.1 Å². The fourth-order valence-corrected chi connectivity index (χ4v) is 4.39. The lowest BCUT2D eigenvalue weighted by molar-refractivity contribution is 0.0473. The van der Waals surface area contributed by atoms with Crippen molar-refractivity contribution in [1.82, 2.24) is 19.7 Å². The molecule has 0 amide bonds. The molecule has 2 aromatic carbocycles. The van der Waals surface area contributed by atoms with Crippen molar-refractivity contribution >= 4 is 24.6 Å². The van der Waals surface area contributed by atoms with E-state index in [0.717, 1.165) is 22.3 Å². The van der Waals surface area contributed by atoms with Gasteiger partial charge in [0.05, 0.1) is 19.8 Å². The standard InChI is InChI=1S/C24H28N5O5P/c1-18-3-7-20(8-4-18)13-33-35(30,34-14-21-9-5-19(2)6-10-21)17-31-11-12-32-29-16-28-22-23(25)26-15-27-24(22)29/h3-10,15-16H,11-14,17H2,1-2H3,(H2,25,26,27). The minimum Gasteiger partial charge on any atom is -0.408 e. The van der Waals surface area contributed by atoms with Gasteiger partial charge < -0.3 is 24.4 Å². The fraction of sp³-hybridized carbons (Fsp3) is 0.292. The Morgan fingerprint density at radius 2 is 1.46 bits per heavy atom. The first kappa shape index (κ1) is 24.8. The largest absolute Gasteiger partial charge is 0.408 e. The van der Waals surface area contributed by atoms with Gasteiger partial charge in [0.25, 0.3) is 0 Å². The molecule has 0 unspecified atom stereocenters. The highest BCUT2D eigenvalue weighted by Crippen LogP contribution is 2.49. The van der Waals surface area contributed by atoms with Crippen LogP contribution in [0, 0.1) is 13.8 Å². The number of rotatable bonds is 12. The smallest absolute Gasteiger partial charge is 0.356 e. The summed E-state index contributed by atoms with van der Waals surface area (Å²) in [5, 5.41) is 0. The normalized spacial score (nSPS) is 11.7. The van der Waals surface area contributed by atoms with E-state index >= 15 is 0 Å². The van der Waals surface area contributed by atoms with Crippen LogP contribution in [0.15, 0.2) is 61.2 Å². The zero-order valence-electron chi connectivity index (χ0n) is 19.7.